The molecular weight excluding hydrogens is 364 g/mol. The fraction of sp³-hybridized carbons (Fsp3) is 0.421. The van der Waals surface area contributed by atoms with Gasteiger partial charge in [-0.2, -0.15) is 0 Å². The standard InChI is InChI=1S/C19H25ClN6O/c1-3-21-19(24-12-14-6-7-17(27-2)23-11-14)25-15-8-10-26(13-15)18-16(20)5-4-9-22-18/h4-7,9,11,15H,3,8,10,12-13H2,1-2H3,(H2,21,24,25). The number of aromatic nitrogens is 2. The molecule has 0 amide bonds. The SMILES string of the molecule is CCNC(=NCc1ccc(OC)nc1)NC1CCN(c2ncccc2Cl)C1. The first-order valence-electron chi connectivity index (χ1n) is 9.08. The van der Waals surface area contributed by atoms with Crippen molar-refractivity contribution >= 4 is 23.4 Å². The number of halogens is 1. The summed E-state index contributed by atoms with van der Waals surface area (Å²) in [7, 11) is 1.61. The summed E-state index contributed by atoms with van der Waals surface area (Å²) in [4.78, 5) is 15.5. The van der Waals surface area contributed by atoms with Gasteiger partial charge in [-0.25, -0.2) is 15.0 Å². The van der Waals surface area contributed by atoms with Gasteiger partial charge in [-0.05, 0) is 31.0 Å². The molecular formula is C19H25ClN6O. The van der Waals surface area contributed by atoms with E-state index in [9.17, 15) is 0 Å². The van der Waals surface area contributed by atoms with E-state index in [2.05, 4.69) is 37.4 Å². The van der Waals surface area contributed by atoms with E-state index in [1.54, 1.807) is 19.5 Å². The largest absolute Gasteiger partial charge is 0.481 e. The summed E-state index contributed by atoms with van der Waals surface area (Å²) in [5, 5.41) is 7.50. The highest BCUT2D eigenvalue weighted by Gasteiger charge is 2.25. The van der Waals surface area contributed by atoms with Crippen molar-refractivity contribution in [1.29, 1.82) is 0 Å². The molecule has 1 saturated heterocycles. The highest BCUT2D eigenvalue weighted by Crippen LogP contribution is 2.25. The first-order valence-corrected chi connectivity index (χ1v) is 9.46. The van der Waals surface area contributed by atoms with Crippen LogP contribution in [0.4, 0.5) is 5.82 Å². The van der Waals surface area contributed by atoms with Crippen LogP contribution >= 0.6 is 11.6 Å². The van der Waals surface area contributed by atoms with E-state index in [-0.39, 0.29) is 6.04 Å². The molecule has 2 aromatic heterocycles. The maximum atomic E-state index is 6.27. The van der Waals surface area contributed by atoms with Gasteiger partial charge in [-0.1, -0.05) is 17.7 Å². The summed E-state index contributed by atoms with van der Waals surface area (Å²) < 4.78 is 5.09. The molecule has 2 N–H and O–H groups in total. The maximum Gasteiger partial charge on any atom is 0.212 e. The molecule has 7 nitrogen and oxygen atoms in total. The molecule has 2 aromatic rings. The fourth-order valence-corrected chi connectivity index (χ4v) is 3.23. The van der Waals surface area contributed by atoms with Gasteiger partial charge in [0, 0.05) is 44.1 Å². The number of guanidine groups is 1. The topological polar surface area (TPSA) is 74.7 Å². The molecule has 27 heavy (non-hydrogen) atoms. The summed E-state index contributed by atoms with van der Waals surface area (Å²) in [5.74, 6) is 2.24. The summed E-state index contributed by atoms with van der Waals surface area (Å²) in [6, 6.07) is 7.83. The number of nitrogens with zero attached hydrogens (tertiary/aromatic N) is 4. The van der Waals surface area contributed by atoms with E-state index in [1.807, 2.05) is 24.3 Å². The third-order valence-electron chi connectivity index (χ3n) is 4.34. The summed E-state index contributed by atoms with van der Waals surface area (Å²) in [6.07, 6.45) is 4.56. The Hall–Kier alpha value is -2.54. The van der Waals surface area contributed by atoms with Crippen LogP contribution in [0.2, 0.25) is 5.02 Å². The molecule has 144 valence electrons. The Labute approximate surface area is 164 Å². The van der Waals surface area contributed by atoms with Crippen molar-refractivity contribution in [1.82, 2.24) is 20.6 Å². The smallest absolute Gasteiger partial charge is 0.212 e. The van der Waals surface area contributed by atoms with Gasteiger partial charge in [0.25, 0.3) is 0 Å². The van der Waals surface area contributed by atoms with E-state index in [4.69, 9.17) is 16.3 Å². The van der Waals surface area contributed by atoms with Gasteiger partial charge < -0.3 is 20.3 Å². The first kappa shape index (κ1) is 19.2. The second-order valence-corrected chi connectivity index (χ2v) is 6.70. The Balaban J connectivity index is 1.60. The molecule has 3 heterocycles. The quantitative estimate of drug-likeness (QED) is 0.585. The number of ether oxygens (including phenoxy) is 1. The van der Waals surface area contributed by atoms with E-state index in [0.717, 1.165) is 43.4 Å². The lowest BCUT2D eigenvalue weighted by atomic mass is 10.2. The molecule has 0 saturated carbocycles. The number of rotatable bonds is 6. The second kappa shape index (κ2) is 9.41. The van der Waals surface area contributed by atoms with Gasteiger partial charge in [0.1, 0.15) is 5.82 Å². The van der Waals surface area contributed by atoms with Gasteiger partial charge in [-0.3, -0.25) is 0 Å². The number of aliphatic imine (C=N–C) groups is 1. The Kier molecular flexibility index (Phi) is 6.70. The van der Waals surface area contributed by atoms with Crippen LogP contribution in [-0.2, 0) is 6.54 Å². The molecule has 1 atom stereocenters. The van der Waals surface area contributed by atoms with Crippen molar-refractivity contribution in [3.8, 4) is 5.88 Å². The zero-order valence-corrected chi connectivity index (χ0v) is 16.4. The van der Waals surface area contributed by atoms with Crippen LogP contribution in [0.1, 0.15) is 18.9 Å². The van der Waals surface area contributed by atoms with E-state index in [0.29, 0.717) is 17.4 Å². The predicted molar refractivity (Wildman–Crippen MR) is 109 cm³/mol. The van der Waals surface area contributed by atoms with Gasteiger partial charge in [0.15, 0.2) is 5.96 Å². The molecule has 0 radical (unpaired) electrons. The van der Waals surface area contributed by atoms with Gasteiger partial charge in [0.05, 0.1) is 18.7 Å². The lowest BCUT2D eigenvalue weighted by Crippen LogP contribution is -2.44. The van der Waals surface area contributed by atoms with Gasteiger partial charge in [-0.15, -0.1) is 0 Å². The minimum Gasteiger partial charge on any atom is -0.481 e. The van der Waals surface area contributed by atoms with Crippen molar-refractivity contribution < 1.29 is 4.74 Å². The van der Waals surface area contributed by atoms with Crippen LogP contribution in [0.15, 0.2) is 41.7 Å². The first-order chi connectivity index (χ1) is 13.2. The molecule has 1 unspecified atom stereocenters. The lowest BCUT2D eigenvalue weighted by Gasteiger charge is -2.20. The number of pyridine rings is 2. The van der Waals surface area contributed by atoms with Crippen molar-refractivity contribution in [2.24, 2.45) is 4.99 Å². The molecule has 0 aromatic carbocycles. The van der Waals surface area contributed by atoms with Crippen molar-refractivity contribution in [2.75, 3.05) is 31.6 Å². The molecule has 0 bridgehead atoms. The number of methoxy groups -OCH3 is 1. The summed E-state index contributed by atoms with van der Waals surface area (Å²) in [6.45, 7) is 5.16. The number of anilines is 1. The monoisotopic (exact) mass is 388 g/mol. The average Bonchev–Trinajstić information content (AvgIpc) is 3.15. The predicted octanol–water partition coefficient (Wildman–Crippen LogP) is 2.47. The highest BCUT2D eigenvalue weighted by atomic mass is 35.5. The Morgan fingerprint density at radius 2 is 2.26 bits per heavy atom. The Morgan fingerprint density at radius 1 is 1.37 bits per heavy atom. The fourth-order valence-electron chi connectivity index (χ4n) is 2.99. The Bertz CT molecular complexity index is 767. The second-order valence-electron chi connectivity index (χ2n) is 6.29. The molecule has 0 spiro atoms. The van der Waals surface area contributed by atoms with Crippen LogP contribution in [0.5, 0.6) is 5.88 Å². The third kappa shape index (κ3) is 5.23. The van der Waals surface area contributed by atoms with E-state index in [1.165, 1.54) is 0 Å². The Morgan fingerprint density at radius 3 is 2.96 bits per heavy atom. The number of hydrogen-bond acceptors (Lipinski definition) is 5. The minimum absolute atomic E-state index is 0.287. The van der Waals surface area contributed by atoms with Crippen molar-refractivity contribution in [3.63, 3.8) is 0 Å². The average molecular weight is 389 g/mol. The number of nitrogens with one attached hydrogen (secondary N) is 2. The van der Waals surface area contributed by atoms with E-state index >= 15 is 0 Å². The number of hydrogen-bond donors (Lipinski definition) is 2. The summed E-state index contributed by atoms with van der Waals surface area (Å²) >= 11 is 6.27. The van der Waals surface area contributed by atoms with Crippen LogP contribution in [0.3, 0.4) is 0 Å². The molecule has 8 heteroatoms. The van der Waals surface area contributed by atoms with Crippen LogP contribution in [0.25, 0.3) is 0 Å². The normalized spacial score (nSPS) is 17.1. The van der Waals surface area contributed by atoms with Crippen molar-refractivity contribution in [2.45, 2.75) is 25.9 Å². The highest BCUT2D eigenvalue weighted by molar-refractivity contribution is 6.32. The maximum absolute atomic E-state index is 6.27. The van der Waals surface area contributed by atoms with Gasteiger partial charge >= 0.3 is 0 Å². The van der Waals surface area contributed by atoms with Crippen LogP contribution < -0.4 is 20.3 Å². The molecule has 1 aliphatic heterocycles. The van der Waals surface area contributed by atoms with Crippen molar-refractivity contribution in [3.05, 3.63) is 47.2 Å². The lowest BCUT2D eigenvalue weighted by molar-refractivity contribution is 0.397. The minimum atomic E-state index is 0.287. The van der Waals surface area contributed by atoms with Crippen LogP contribution in [0, 0.1) is 0 Å². The molecule has 0 aliphatic carbocycles. The molecule has 1 aliphatic rings. The van der Waals surface area contributed by atoms with Crippen LogP contribution in [-0.4, -0.2) is 48.7 Å². The zero-order valence-electron chi connectivity index (χ0n) is 15.7. The molecule has 3 rings (SSSR count). The van der Waals surface area contributed by atoms with Gasteiger partial charge in [0.2, 0.25) is 5.88 Å². The zero-order chi connectivity index (χ0) is 19.1. The third-order valence-corrected chi connectivity index (χ3v) is 4.63. The summed E-state index contributed by atoms with van der Waals surface area (Å²) in [5.41, 5.74) is 1.03. The van der Waals surface area contributed by atoms with E-state index < -0.39 is 0 Å². The molecule has 1 fully saturated rings.